The lowest BCUT2D eigenvalue weighted by Crippen LogP contribution is -2.56. The van der Waals surface area contributed by atoms with Gasteiger partial charge in [0.05, 0.1) is 23.7 Å². The van der Waals surface area contributed by atoms with E-state index in [-0.39, 0.29) is 17.9 Å². The molecule has 3 rings (SSSR count). The molecule has 0 radical (unpaired) electrons. The summed E-state index contributed by atoms with van der Waals surface area (Å²) >= 11 is 1.63. The van der Waals surface area contributed by atoms with E-state index in [2.05, 4.69) is 29.0 Å². The topological polar surface area (TPSA) is 58.4 Å². The van der Waals surface area contributed by atoms with E-state index >= 15 is 0 Å². The Bertz CT molecular complexity index is 606. The van der Waals surface area contributed by atoms with Crippen LogP contribution in [0.3, 0.4) is 0 Å². The Kier molecular flexibility index (Phi) is 4.07. The highest BCUT2D eigenvalue weighted by molar-refractivity contribution is 7.13. The number of carbonyl (C=O) groups excluding carboxylic acids is 1. The van der Waals surface area contributed by atoms with Crippen molar-refractivity contribution in [3.05, 3.63) is 29.6 Å². The van der Waals surface area contributed by atoms with Gasteiger partial charge in [0.1, 0.15) is 0 Å². The number of piperazine rings is 1. The molecule has 0 aromatic carbocycles. The van der Waals surface area contributed by atoms with Gasteiger partial charge in [-0.1, -0.05) is 19.9 Å². The third kappa shape index (κ3) is 3.01. The average Bonchev–Trinajstić information content (AvgIpc) is 3.08. The summed E-state index contributed by atoms with van der Waals surface area (Å²) in [4.78, 5) is 19.6. The van der Waals surface area contributed by atoms with E-state index in [9.17, 15) is 4.79 Å². The molecule has 1 fully saturated rings. The summed E-state index contributed by atoms with van der Waals surface area (Å²) in [5, 5.41) is 4.94. The highest BCUT2D eigenvalue weighted by Gasteiger charge is 2.32. The highest BCUT2D eigenvalue weighted by atomic mass is 32.1. The minimum Gasteiger partial charge on any atom is -0.438 e. The molecule has 1 amide bonds. The maximum Gasteiger partial charge on any atom is 0.237 e. The summed E-state index contributed by atoms with van der Waals surface area (Å²) < 4.78 is 5.82. The molecule has 112 valence electrons. The van der Waals surface area contributed by atoms with Crippen molar-refractivity contribution >= 4 is 17.2 Å². The van der Waals surface area contributed by atoms with Gasteiger partial charge in [-0.15, -0.1) is 11.3 Å². The molecular weight excluding hydrogens is 286 g/mol. The van der Waals surface area contributed by atoms with Crippen LogP contribution in [0.5, 0.6) is 0 Å². The summed E-state index contributed by atoms with van der Waals surface area (Å²) in [7, 11) is 0. The number of rotatable bonds is 4. The summed E-state index contributed by atoms with van der Waals surface area (Å²) in [5.74, 6) is 1.82. The first kappa shape index (κ1) is 14.3. The smallest absolute Gasteiger partial charge is 0.237 e. The van der Waals surface area contributed by atoms with Crippen molar-refractivity contribution in [3.8, 4) is 10.6 Å². The van der Waals surface area contributed by atoms with Crippen LogP contribution in [0.25, 0.3) is 10.6 Å². The molecule has 1 unspecified atom stereocenters. The second-order valence-corrected chi connectivity index (χ2v) is 6.49. The van der Waals surface area contributed by atoms with Crippen LogP contribution in [-0.4, -0.2) is 34.9 Å². The number of hydrogen-bond donors (Lipinski definition) is 1. The van der Waals surface area contributed by atoms with Crippen molar-refractivity contribution in [2.75, 3.05) is 13.1 Å². The van der Waals surface area contributed by atoms with Crippen molar-refractivity contribution in [1.29, 1.82) is 0 Å². The Morgan fingerprint density at radius 3 is 3.14 bits per heavy atom. The van der Waals surface area contributed by atoms with Crippen LogP contribution < -0.4 is 5.32 Å². The largest absolute Gasteiger partial charge is 0.438 e. The van der Waals surface area contributed by atoms with E-state index in [1.807, 2.05) is 17.5 Å². The lowest BCUT2D eigenvalue weighted by molar-refractivity contribution is -0.131. The number of oxazole rings is 1. The first-order valence-corrected chi connectivity index (χ1v) is 8.03. The number of hydrogen-bond acceptors (Lipinski definition) is 5. The van der Waals surface area contributed by atoms with Crippen molar-refractivity contribution in [2.24, 2.45) is 5.92 Å². The average molecular weight is 305 g/mol. The van der Waals surface area contributed by atoms with Crippen molar-refractivity contribution < 1.29 is 9.21 Å². The summed E-state index contributed by atoms with van der Waals surface area (Å²) in [5.41, 5.74) is 0. The molecule has 21 heavy (non-hydrogen) atoms. The van der Waals surface area contributed by atoms with E-state index in [1.54, 1.807) is 17.5 Å². The number of carbonyl (C=O) groups is 1. The van der Waals surface area contributed by atoms with Crippen LogP contribution in [-0.2, 0) is 11.3 Å². The molecule has 3 heterocycles. The zero-order valence-electron chi connectivity index (χ0n) is 12.2. The zero-order valence-corrected chi connectivity index (χ0v) is 13.0. The Balaban J connectivity index is 1.75. The highest BCUT2D eigenvalue weighted by Crippen LogP contribution is 2.26. The molecule has 6 heteroatoms. The van der Waals surface area contributed by atoms with Gasteiger partial charge in [-0.25, -0.2) is 4.98 Å². The second-order valence-electron chi connectivity index (χ2n) is 5.55. The number of amides is 1. The lowest BCUT2D eigenvalue weighted by Gasteiger charge is -2.36. The standard InChI is InChI=1S/C15H19N3O2S/c1-10(2)14-15(19)16-5-6-18(14)9-13-17-8-11(20-13)12-4-3-7-21-12/h3-4,7-8,10,14H,5-6,9H2,1-2H3,(H,16,19). The quantitative estimate of drug-likeness (QED) is 0.942. The predicted octanol–water partition coefficient (Wildman–Crippen LogP) is 2.36. The first-order chi connectivity index (χ1) is 10.1. The molecule has 0 bridgehead atoms. The summed E-state index contributed by atoms with van der Waals surface area (Å²) in [6.45, 7) is 6.21. The van der Waals surface area contributed by atoms with Crippen molar-refractivity contribution in [2.45, 2.75) is 26.4 Å². The van der Waals surface area contributed by atoms with E-state index in [0.717, 1.165) is 17.2 Å². The molecule has 1 atom stereocenters. The molecule has 0 spiro atoms. The molecule has 1 saturated heterocycles. The molecule has 0 saturated carbocycles. The lowest BCUT2D eigenvalue weighted by atomic mass is 10.00. The van der Waals surface area contributed by atoms with Gasteiger partial charge in [-0.3, -0.25) is 9.69 Å². The van der Waals surface area contributed by atoms with Crippen LogP contribution in [0.15, 0.2) is 28.1 Å². The molecule has 1 aliphatic rings. The number of aromatic nitrogens is 1. The Morgan fingerprint density at radius 2 is 2.43 bits per heavy atom. The third-order valence-electron chi connectivity index (χ3n) is 3.65. The van der Waals surface area contributed by atoms with Crippen LogP contribution in [0, 0.1) is 5.92 Å². The summed E-state index contributed by atoms with van der Waals surface area (Å²) in [6, 6.07) is 3.89. The molecule has 2 aromatic heterocycles. The SMILES string of the molecule is CC(C)C1C(=O)NCCN1Cc1ncc(-c2cccs2)o1. The van der Waals surface area contributed by atoms with Crippen molar-refractivity contribution in [3.63, 3.8) is 0 Å². The fourth-order valence-corrected chi connectivity index (χ4v) is 3.40. The number of nitrogens with one attached hydrogen (secondary N) is 1. The minimum atomic E-state index is -0.115. The van der Waals surface area contributed by atoms with Gasteiger partial charge in [0.2, 0.25) is 11.8 Å². The van der Waals surface area contributed by atoms with Crippen LogP contribution in [0.2, 0.25) is 0 Å². The molecular formula is C15H19N3O2S. The van der Waals surface area contributed by atoms with Crippen LogP contribution in [0.1, 0.15) is 19.7 Å². The third-order valence-corrected chi connectivity index (χ3v) is 4.53. The normalized spacial score (nSPS) is 20.0. The van der Waals surface area contributed by atoms with Crippen LogP contribution >= 0.6 is 11.3 Å². The van der Waals surface area contributed by atoms with Crippen LogP contribution in [0.4, 0.5) is 0 Å². The number of thiophene rings is 1. The van der Waals surface area contributed by atoms with Gasteiger partial charge in [0.15, 0.2) is 5.76 Å². The Hall–Kier alpha value is -1.66. The molecule has 1 N–H and O–H groups in total. The summed E-state index contributed by atoms with van der Waals surface area (Å²) in [6.07, 6.45) is 1.76. The van der Waals surface area contributed by atoms with E-state index in [1.165, 1.54) is 0 Å². The van der Waals surface area contributed by atoms with E-state index in [0.29, 0.717) is 19.0 Å². The maximum atomic E-state index is 12.0. The Morgan fingerprint density at radius 1 is 1.57 bits per heavy atom. The maximum absolute atomic E-state index is 12.0. The predicted molar refractivity (Wildman–Crippen MR) is 81.9 cm³/mol. The van der Waals surface area contributed by atoms with E-state index in [4.69, 9.17) is 4.42 Å². The van der Waals surface area contributed by atoms with Crippen molar-refractivity contribution in [1.82, 2.24) is 15.2 Å². The fraction of sp³-hybridized carbons (Fsp3) is 0.467. The Labute approximate surface area is 128 Å². The zero-order chi connectivity index (χ0) is 14.8. The van der Waals surface area contributed by atoms with Gasteiger partial charge < -0.3 is 9.73 Å². The van der Waals surface area contributed by atoms with Gasteiger partial charge in [0.25, 0.3) is 0 Å². The molecule has 5 nitrogen and oxygen atoms in total. The fourth-order valence-electron chi connectivity index (χ4n) is 2.72. The molecule has 2 aromatic rings. The van der Waals surface area contributed by atoms with Gasteiger partial charge in [0, 0.05) is 13.1 Å². The monoisotopic (exact) mass is 305 g/mol. The van der Waals surface area contributed by atoms with Gasteiger partial charge in [-0.05, 0) is 17.4 Å². The van der Waals surface area contributed by atoms with Gasteiger partial charge >= 0.3 is 0 Å². The first-order valence-electron chi connectivity index (χ1n) is 7.15. The molecule has 0 aliphatic carbocycles. The molecule has 1 aliphatic heterocycles. The number of nitrogens with zero attached hydrogens (tertiary/aromatic N) is 2. The second kappa shape index (κ2) is 5.99. The minimum absolute atomic E-state index is 0.0984. The van der Waals surface area contributed by atoms with Gasteiger partial charge in [-0.2, -0.15) is 0 Å². The van der Waals surface area contributed by atoms with E-state index < -0.39 is 0 Å².